The van der Waals surface area contributed by atoms with Gasteiger partial charge in [0.25, 0.3) is 0 Å². The standard InChI is InChI=1S/C28H32O10/c1-32-28(31)21-18-26(37-16-12-33-10-14-35-24-6-2-22(29)3-7-24)20-27(19-21)38-17-13-34-11-15-36-25-8-4-23(30)5-9-25/h2-9,18-20,29-30H,10-17H2,1H3. The fraction of sp³-hybridized carbons (Fsp3) is 0.321. The Morgan fingerprint density at radius 2 is 0.921 bits per heavy atom. The summed E-state index contributed by atoms with van der Waals surface area (Å²) >= 11 is 0. The van der Waals surface area contributed by atoms with Crippen LogP contribution in [0.4, 0.5) is 0 Å². The molecule has 0 radical (unpaired) electrons. The van der Waals surface area contributed by atoms with Gasteiger partial charge in [-0.2, -0.15) is 0 Å². The Labute approximate surface area is 221 Å². The second-order valence-electron chi connectivity index (χ2n) is 7.79. The summed E-state index contributed by atoms with van der Waals surface area (Å²) in [7, 11) is 1.30. The van der Waals surface area contributed by atoms with Crippen molar-refractivity contribution in [1.82, 2.24) is 0 Å². The van der Waals surface area contributed by atoms with Crippen LogP contribution < -0.4 is 18.9 Å². The van der Waals surface area contributed by atoms with Gasteiger partial charge in [0.05, 0.1) is 39.1 Å². The maximum atomic E-state index is 12.0. The fourth-order valence-corrected chi connectivity index (χ4v) is 3.14. The van der Waals surface area contributed by atoms with Gasteiger partial charge in [-0.3, -0.25) is 0 Å². The molecule has 38 heavy (non-hydrogen) atoms. The normalized spacial score (nSPS) is 10.6. The Kier molecular flexibility index (Phi) is 11.9. The summed E-state index contributed by atoms with van der Waals surface area (Å²) in [5, 5.41) is 18.6. The van der Waals surface area contributed by atoms with Gasteiger partial charge in [0, 0.05) is 6.07 Å². The summed E-state index contributed by atoms with van der Waals surface area (Å²) < 4.78 is 38.3. The van der Waals surface area contributed by atoms with Crippen LogP contribution in [0.2, 0.25) is 0 Å². The first kappa shape index (κ1) is 28.4. The van der Waals surface area contributed by atoms with E-state index < -0.39 is 5.97 Å². The lowest BCUT2D eigenvalue weighted by Crippen LogP contribution is -2.13. The largest absolute Gasteiger partial charge is 0.508 e. The van der Waals surface area contributed by atoms with E-state index in [2.05, 4.69) is 0 Å². The Hall–Kier alpha value is -4.15. The van der Waals surface area contributed by atoms with Gasteiger partial charge in [-0.15, -0.1) is 0 Å². The summed E-state index contributed by atoms with van der Waals surface area (Å²) in [4.78, 5) is 12.0. The van der Waals surface area contributed by atoms with Crippen molar-refractivity contribution in [3.8, 4) is 34.5 Å². The highest BCUT2D eigenvalue weighted by atomic mass is 16.6. The van der Waals surface area contributed by atoms with Crippen molar-refractivity contribution in [3.05, 3.63) is 72.3 Å². The predicted molar refractivity (Wildman–Crippen MR) is 138 cm³/mol. The van der Waals surface area contributed by atoms with Crippen molar-refractivity contribution in [2.45, 2.75) is 0 Å². The van der Waals surface area contributed by atoms with Crippen LogP contribution in [-0.4, -0.2) is 76.1 Å². The molecule has 0 atom stereocenters. The summed E-state index contributed by atoms with van der Waals surface area (Å²) in [5.74, 6) is 2.01. The third kappa shape index (κ3) is 10.5. The lowest BCUT2D eigenvalue weighted by Gasteiger charge is -2.12. The van der Waals surface area contributed by atoms with E-state index in [1.165, 1.54) is 7.11 Å². The first-order valence-electron chi connectivity index (χ1n) is 12.0. The topological polar surface area (TPSA) is 122 Å². The van der Waals surface area contributed by atoms with Gasteiger partial charge in [-0.05, 0) is 60.7 Å². The number of phenols is 2. The molecule has 2 N–H and O–H groups in total. The van der Waals surface area contributed by atoms with Crippen molar-refractivity contribution in [1.29, 1.82) is 0 Å². The number of rotatable bonds is 17. The zero-order chi connectivity index (χ0) is 27.0. The molecule has 3 aromatic rings. The van der Waals surface area contributed by atoms with Crippen LogP contribution >= 0.6 is 0 Å². The molecule has 10 heteroatoms. The molecule has 0 heterocycles. The van der Waals surface area contributed by atoms with Crippen molar-refractivity contribution < 1.29 is 48.2 Å². The molecule has 0 unspecified atom stereocenters. The summed E-state index contributed by atoms with van der Waals surface area (Å²) in [6.07, 6.45) is 0. The Bertz CT molecular complexity index is 1020. The highest BCUT2D eigenvalue weighted by Gasteiger charge is 2.11. The molecule has 0 spiro atoms. The zero-order valence-corrected chi connectivity index (χ0v) is 21.2. The molecule has 0 bridgehead atoms. The predicted octanol–water partition coefficient (Wildman–Crippen LogP) is 3.83. The molecule has 0 saturated heterocycles. The number of aromatic hydroxyl groups is 2. The summed E-state index contributed by atoms with van der Waals surface area (Å²) in [5.41, 5.74) is 0.298. The quantitative estimate of drug-likeness (QED) is 0.197. The van der Waals surface area contributed by atoms with Crippen LogP contribution in [0.5, 0.6) is 34.5 Å². The average molecular weight is 529 g/mol. The number of hydrogen-bond donors (Lipinski definition) is 2. The fourth-order valence-electron chi connectivity index (χ4n) is 3.14. The van der Waals surface area contributed by atoms with Crippen LogP contribution in [0.25, 0.3) is 0 Å². The van der Waals surface area contributed by atoms with E-state index in [0.717, 1.165) is 0 Å². The van der Waals surface area contributed by atoms with Crippen LogP contribution in [0.3, 0.4) is 0 Å². The van der Waals surface area contributed by atoms with Gasteiger partial charge in [0.15, 0.2) is 0 Å². The van der Waals surface area contributed by atoms with Crippen LogP contribution in [0.15, 0.2) is 66.7 Å². The number of esters is 1. The van der Waals surface area contributed by atoms with Gasteiger partial charge in [0.1, 0.15) is 60.9 Å². The minimum Gasteiger partial charge on any atom is -0.508 e. The van der Waals surface area contributed by atoms with E-state index in [1.54, 1.807) is 66.7 Å². The molecular formula is C28H32O10. The molecule has 10 nitrogen and oxygen atoms in total. The van der Waals surface area contributed by atoms with Gasteiger partial charge in [0.2, 0.25) is 0 Å². The average Bonchev–Trinajstić information content (AvgIpc) is 2.93. The van der Waals surface area contributed by atoms with Gasteiger partial charge in [-0.1, -0.05) is 0 Å². The van der Waals surface area contributed by atoms with Crippen molar-refractivity contribution in [3.63, 3.8) is 0 Å². The number of carbonyl (C=O) groups excluding carboxylic acids is 1. The first-order chi connectivity index (χ1) is 18.5. The van der Waals surface area contributed by atoms with Gasteiger partial charge >= 0.3 is 5.97 Å². The van der Waals surface area contributed by atoms with E-state index in [9.17, 15) is 15.0 Å². The molecule has 0 aromatic heterocycles. The molecular weight excluding hydrogens is 496 g/mol. The van der Waals surface area contributed by atoms with Crippen LogP contribution in [0, 0.1) is 0 Å². The zero-order valence-electron chi connectivity index (χ0n) is 21.2. The van der Waals surface area contributed by atoms with Crippen molar-refractivity contribution in [2.75, 3.05) is 60.0 Å². The number of phenolic OH excluding ortho intramolecular Hbond substituents is 2. The van der Waals surface area contributed by atoms with Crippen molar-refractivity contribution in [2.24, 2.45) is 0 Å². The Balaban J connectivity index is 1.34. The molecule has 3 rings (SSSR count). The Morgan fingerprint density at radius 1 is 0.553 bits per heavy atom. The smallest absolute Gasteiger partial charge is 0.338 e. The van der Waals surface area contributed by atoms with E-state index in [0.29, 0.717) is 68.2 Å². The molecule has 0 saturated carbocycles. The maximum absolute atomic E-state index is 12.0. The summed E-state index contributed by atoms with van der Waals surface area (Å²) in [6, 6.07) is 17.7. The second kappa shape index (κ2) is 15.9. The Morgan fingerprint density at radius 3 is 1.29 bits per heavy atom. The molecule has 0 aliphatic rings. The third-order valence-corrected chi connectivity index (χ3v) is 4.96. The van der Waals surface area contributed by atoms with Gasteiger partial charge < -0.3 is 43.4 Å². The van der Waals surface area contributed by atoms with Crippen LogP contribution in [0.1, 0.15) is 10.4 Å². The first-order valence-corrected chi connectivity index (χ1v) is 12.0. The number of hydrogen-bond acceptors (Lipinski definition) is 10. The monoisotopic (exact) mass is 528 g/mol. The van der Waals surface area contributed by atoms with Crippen LogP contribution in [-0.2, 0) is 14.2 Å². The second-order valence-corrected chi connectivity index (χ2v) is 7.79. The molecule has 0 fully saturated rings. The lowest BCUT2D eigenvalue weighted by atomic mass is 10.2. The van der Waals surface area contributed by atoms with E-state index in [1.807, 2.05) is 0 Å². The molecule has 0 aliphatic carbocycles. The maximum Gasteiger partial charge on any atom is 0.338 e. The van der Waals surface area contributed by atoms with E-state index >= 15 is 0 Å². The molecule has 3 aromatic carbocycles. The number of carbonyl (C=O) groups is 1. The molecule has 0 amide bonds. The molecule has 204 valence electrons. The number of benzene rings is 3. The highest BCUT2D eigenvalue weighted by molar-refractivity contribution is 5.90. The van der Waals surface area contributed by atoms with E-state index in [-0.39, 0.29) is 24.7 Å². The molecule has 0 aliphatic heterocycles. The lowest BCUT2D eigenvalue weighted by molar-refractivity contribution is 0.0597. The SMILES string of the molecule is COC(=O)c1cc(OCCOCCOc2ccc(O)cc2)cc(OCCOCCOc2ccc(O)cc2)c1. The number of ether oxygens (including phenoxy) is 7. The number of methoxy groups -OCH3 is 1. The summed E-state index contributed by atoms with van der Waals surface area (Å²) in [6.45, 7) is 2.58. The van der Waals surface area contributed by atoms with E-state index in [4.69, 9.17) is 33.2 Å². The van der Waals surface area contributed by atoms with Gasteiger partial charge in [-0.25, -0.2) is 4.79 Å². The van der Waals surface area contributed by atoms with Crippen molar-refractivity contribution >= 4 is 5.97 Å². The third-order valence-electron chi connectivity index (χ3n) is 4.96. The minimum absolute atomic E-state index is 0.178. The highest BCUT2D eigenvalue weighted by Crippen LogP contribution is 2.24. The minimum atomic E-state index is -0.509.